The van der Waals surface area contributed by atoms with Gasteiger partial charge in [-0.15, -0.1) is 0 Å². The summed E-state index contributed by atoms with van der Waals surface area (Å²) in [4.78, 5) is 39.9. The average Bonchev–Trinajstić information content (AvgIpc) is 3.59. The lowest BCUT2D eigenvalue weighted by Crippen LogP contribution is -2.13. The maximum atomic E-state index is 11.5. The van der Waals surface area contributed by atoms with Crippen molar-refractivity contribution in [2.24, 2.45) is 15.0 Å². The van der Waals surface area contributed by atoms with Gasteiger partial charge in [-0.2, -0.15) is 0 Å². The molecule has 4 heterocycles. The first-order valence-electron chi connectivity index (χ1n) is 13.9. The third-order valence-electron chi connectivity index (χ3n) is 8.12. The third kappa shape index (κ3) is 6.28. The van der Waals surface area contributed by atoms with Crippen molar-refractivity contribution in [1.82, 2.24) is 4.98 Å². The summed E-state index contributed by atoms with van der Waals surface area (Å²) >= 11 is 0. The highest BCUT2D eigenvalue weighted by atomic mass is 16.4. The molecule has 0 aromatic carbocycles. The van der Waals surface area contributed by atoms with Gasteiger partial charge in [-0.25, -0.2) is 9.98 Å². The van der Waals surface area contributed by atoms with Crippen LogP contribution in [0, 0.1) is 6.92 Å². The van der Waals surface area contributed by atoms with Crippen molar-refractivity contribution < 1.29 is 30.0 Å². The van der Waals surface area contributed by atoms with E-state index in [0.717, 1.165) is 39.2 Å². The molecule has 10 heteroatoms. The number of allylic oxidation sites excluding steroid dienone is 4. The summed E-state index contributed by atoms with van der Waals surface area (Å²) in [6.45, 7) is 15.0. The Balaban J connectivity index is 1.77. The molecule has 0 fully saturated rings. The molecule has 4 rings (SSSR count). The smallest absolute Gasteiger partial charge is 0.303 e. The Hall–Kier alpha value is -4.99. The van der Waals surface area contributed by atoms with Crippen LogP contribution in [0.1, 0.15) is 62.5 Å². The van der Waals surface area contributed by atoms with E-state index in [2.05, 4.69) is 28.1 Å². The zero-order chi connectivity index (χ0) is 31.6. The summed E-state index contributed by atoms with van der Waals surface area (Å²) in [5, 5.41) is 39.2. The highest BCUT2D eigenvalue weighted by Gasteiger charge is 2.29. The molecule has 1 aromatic rings. The predicted molar refractivity (Wildman–Crippen MR) is 168 cm³/mol. The number of H-pyrrole nitrogens is 1. The van der Waals surface area contributed by atoms with Gasteiger partial charge in [0.05, 0.1) is 23.1 Å². The zero-order valence-electron chi connectivity index (χ0n) is 24.8. The van der Waals surface area contributed by atoms with Crippen LogP contribution >= 0.6 is 0 Å². The predicted octanol–water partition coefficient (Wildman–Crippen LogP) is 6.06. The molecule has 5 N–H and O–H groups in total. The Labute approximate surface area is 250 Å². The van der Waals surface area contributed by atoms with E-state index in [1.165, 1.54) is 0 Å². The molecular formula is C33H36N4O6. The van der Waals surface area contributed by atoms with Gasteiger partial charge < -0.3 is 25.4 Å². The quantitative estimate of drug-likeness (QED) is 0.200. The van der Waals surface area contributed by atoms with E-state index < -0.39 is 18.0 Å². The fourth-order valence-electron chi connectivity index (χ4n) is 5.62. The number of aliphatic imine (C=N–C) groups is 3. The Morgan fingerprint density at radius 3 is 2.07 bits per heavy atom. The van der Waals surface area contributed by atoms with E-state index in [1.807, 2.05) is 26.8 Å². The molecular weight excluding hydrogens is 548 g/mol. The van der Waals surface area contributed by atoms with Crippen LogP contribution in [0.15, 0.2) is 91.2 Å². The third-order valence-corrected chi connectivity index (χ3v) is 8.12. The van der Waals surface area contributed by atoms with Crippen LogP contribution in [0.2, 0.25) is 0 Å². The molecule has 0 saturated carbocycles. The number of aliphatic carboxylic acids is 2. The zero-order valence-corrected chi connectivity index (χ0v) is 24.8. The number of nitrogens with zero attached hydrogens (tertiary/aromatic N) is 3. The van der Waals surface area contributed by atoms with Crippen LogP contribution in [0.5, 0.6) is 0 Å². The number of aliphatic hydroxyl groups excluding tert-OH is 2. The largest absolute Gasteiger partial charge is 0.493 e. The molecule has 10 nitrogen and oxygen atoms in total. The number of hydrogen-bond donors (Lipinski definition) is 5. The van der Waals surface area contributed by atoms with Gasteiger partial charge in [-0.05, 0) is 80.5 Å². The van der Waals surface area contributed by atoms with E-state index in [1.54, 1.807) is 25.2 Å². The van der Waals surface area contributed by atoms with Gasteiger partial charge in [0.25, 0.3) is 0 Å². The first kappa shape index (κ1) is 31.0. The fourth-order valence-corrected chi connectivity index (χ4v) is 5.62. The number of aliphatic hydroxyl groups is 2. The maximum Gasteiger partial charge on any atom is 0.303 e. The van der Waals surface area contributed by atoms with Crippen molar-refractivity contribution in [2.45, 2.75) is 65.8 Å². The minimum atomic E-state index is -0.919. The summed E-state index contributed by atoms with van der Waals surface area (Å²) in [5.41, 5.74) is 9.31. The summed E-state index contributed by atoms with van der Waals surface area (Å²) in [5.74, 6) is -2.03. The molecule has 224 valence electrons. The fraction of sp³-hybridized carbons (Fsp3) is 0.303. The van der Waals surface area contributed by atoms with Crippen LogP contribution < -0.4 is 0 Å². The van der Waals surface area contributed by atoms with Gasteiger partial charge >= 0.3 is 11.9 Å². The van der Waals surface area contributed by atoms with E-state index in [9.17, 15) is 30.0 Å². The van der Waals surface area contributed by atoms with E-state index in [-0.39, 0.29) is 31.1 Å². The standard InChI is InChI=1S/C33H36N4O6/c1-7-20-19(6)32(42)37-27(20)14-25-18(5)23(10-12-31(40)41)29(35-25)15-28-22(9-11-30(38)39)17(4)24(34-28)13-26-16(3)21(8-2)33(43)36-26/h7-8,13-14,28,35H,1-2,9-12,15H2,3-6H3,(H,36,43)(H,37,42)(H,38,39)(H,40,41)/b26-13-,27-14-. The Kier molecular flexibility index (Phi) is 8.99. The van der Waals surface area contributed by atoms with Crippen molar-refractivity contribution in [1.29, 1.82) is 0 Å². The molecule has 1 atom stereocenters. The highest BCUT2D eigenvalue weighted by Crippen LogP contribution is 2.34. The second-order valence-electron chi connectivity index (χ2n) is 10.7. The molecule has 1 unspecified atom stereocenters. The van der Waals surface area contributed by atoms with Crippen molar-refractivity contribution >= 4 is 35.5 Å². The maximum absolute atomic E-state index is 11.5. The molecule has 0 radical (unpaired) electrons. The normalized spacial score (nSPS) is 20.4. The van der Waals surface area contributed by atoms with Gasteiger partial charge in [0, 0.05) is 47.4 Å². The van der Waals surface area contributed by atoms with E-state index >= 15 is 0 Å². The Bertz CT molecular complexity index is 1690. The second kappa shape index (κ2) is 12.5. The number of rotatable bonds is 12. The molecule has 0 spiro atoms. The van der Waals surface area contributed by atoms with Crippen LogP contribution in [0.25, 0.3) is 6.08 Å². The monoisotopic (exact) mass is 584 g/mol. The minimum Gasteiger partial charge on any atom is -0.493 e. The molecule has 1 aromatic heterocycles. The summed E-state index contributed by atoms with van der Waals surface area (Å²) in [6, 6.07) is -0.394. The number of carboxylic acid groups (broad SMARTS) is 2. The van der Waals surface area contributed by atoms with Crippen LogP contribution in [0.4, 0.5) is 0 Å². The molecule has 0 aliphatic carbocycles. The van der Waals surface area contributed by atoms with Gasteiger partial charge in [-0.3, -0.25) is 14.6 Å². The lowest BCUT2D eigenvalue weighted by Gasteiger charge is -2.14. The minimum absolute atomic E-state index is 0.0640. The van der Waals surface area contributed by atoms with Crippen LogP contribution in [0.3, 0.4) is 0 Å². The Morgan fingerprint density at radius 2 is 1.47 bits per heavy atom. The van der Waals surface area contributed by atoms with Gasteiger partial charge in [-0.1, -0.05) is 25.3 Å². The number of carboxylic acids is 2. The number of aromatic amines is 1. The molecule has 43 heavy (non-hydrogen) atoms. The van der Waals surface area contributed by atoms with Gasteiger partial charge in [0.15, 0.2) is 0 Å². The van der Waals surface area contributed by atoms with Crippen molar-refractivity contribution in [3.63, 3.8) is 0 Å². The summed E-state index contributed by atoms with van der Waals surface area (Å²) in [7, 11) is 0. The van der Waals surface area contributed by atoms with E-state index in [4.69, 9.17) is 4.99 Å². The van der Waals surface area contributed by atoms with Gasteiger partial charge in [0.1, 0.15) is 0 Å². The number of hydrogen-bond acceptors (Lipinski definition) is 5. The molecule has 0 saturated heterocycles. The SMILES string of the molecule is C=CC1=C(C)/C(=C/C2=NC(Cc3[nH]c(/C=C4\N=C(O)C(C)=C4C=C)c(C)c3CCC(=O)O)C(CCC(=O)O)=C2C)N=C1O. The summed E-state index contributed by atoms with van der Waals surface area (Å²) < 4.78 is 0. The molecule has 0 bridgehead atoms. The second-order valence-corrected chi connectivity index (χ2v) is 10.7. The first-order valence-corrected chi connectivity index (χ1v) is 13.9. The number of carbonyl (C=O) groups is 2. The first-order chi connectivity index (χ1) is 20.4. The molecule has 0 amide bonds. The van der Waals surface area contributed by atoms with E-state index in [0.29, 0.717) is 46.7 Å². The van der Waals surface area contributed by atoms with Crippen molar-refractivity contribution in [2.75, 3.05) is 0 Å². The molecule has 3 aliphatic rings. The average molecular weight is 585 g/mol. The van der Waals surface area contributed by atoms with Crippen molar-refractivity contribution in [3.8, 4) is 0 Å². The van der Waals surface area contributed by atoms with Crippen LogP contribution in [-0.4, -0.2) is 60.9 Å². The number of aromatic nitrogens is 1. The van der Waals surface area contributed by atoms with Crippen molar-refractivity contribution in [3.05, 3.63) is 98.7 Å². The lowest BCUT2D eigenvalue weighted by atomic mass is 9.93. The van der Waals surface area contributed by atoms with Gasteiger partial charge in [0.2, 0.25) is 11.8 Å². The highest BCUT2D eigenvalue weighted by molar-refractivity contribution is 6.12. The van der Waals surface area contributed by atoms with Crippen LogP contribution in [-0.2, 0) is 22.4 Å². The molecule has 3 aliphatic heterocycles. The Morgan fingerprint density at radius 1 is 0.837 bits per heavy atom. The topological polar surface area (TPSA) is 168 Å². The number of nitrogens with one attached hydrogen (secondary N) is 1. The lowest BCUT2D eigenvalue weighted by molar-refractivity contribution is -0.138. The summed E-state index contributed by atoms with van der Waals surface area (Å²) in [6.07, 6.45) is 7.61.